The first-order chi connectivity index (χ1) is 14.5. The van der Waals surface area contributed by atoms with Gasteiger partial charge in [-0.3, -0.25) is 19.7 Å². The fourth-order valence-electron chi connectivity index (χ4n) is 5.58. The molecule has 2 saturated carbocycles. The Balaban J connectivity index is 1.26. The quantitative estimate of drug-likeness (QED) is 0.256. The van der Waals surface area contributed by atoms with Gasteiger partial charge >= 0.3 is 0 Å². The number of para-hydroxylation sites is 1. The number of amides is 2. The van der Waals surface area contributed by atoms with Crippen molar-refractivity contribution in [1.29, 1.82) is 0 Å². The highest BCUT2D eigenvalue weighted by atomic mass is 16.6. The number of nitro groups is 1. The van der Waals surface area contributed by atoms with Crippen molar-refractivity contribution in [2.45, 2.75) is 6.42 Å². The molecule has 8 heteroatoms. The molecule has 2 amide bonds. The van der Waals surface area contributed by atoms with E-state index in [4.69, 9.17) is 4.42 Å². The number of furan rings is 1. The third-order valence-electron chi connectivity index (χ3n) is 6.93. The number of carbonyl (C=O) groups is 2. The molecular formula is C22H17N3O5. The van der Waals surface area contributed by atoms with Crippen LogP contribution in [0.25, 0.3) is 11.3 Å². The molecule has 1 saturated heterocycles. The minimum atomic E-state index is -0.470. The average molecular weight is 403 g/mol. The number of benzene rings is 1. The van der Waals surface area contributed by atoms with E-state index >= 15 is 0 Å². The van der Waals surface area contributed by atoms with Gasteiger partial charge in [0.1, 0.15) is 11.5 Å². The zero-order valence-electron chi connectivity index (χ0n) is 15.8. The van der Waals surface area contributed by atoms with Crippen LogP contribution in [0, 0.1) is 45.6 Å². The standard InChI is InChI=1S/C22H17N3O5/c26-21-19-12-6-7-13(16-9-15(12)16)20(19)22(27)24(21)23-10-11-5-8-18(30-11)14-3-1-2-4-17(14)25(28)29/h1-8,10,12-13,15-16,19-20H,9H2/b23-10-/t12-,13-,15-,16-,19+,20+/m1/s1. The normalized spacial score (nSPS) is 33.3. The Morgan fingerprint density at radius 1 is 1.03 bits per heavy atom. The van der Waals surface area contributed by atoms with Crippen molar-refractivity contribution in [3.8, 4) is 11.3 Å². The molecule has 0 spiro atoms. The number of hydrogen-bond donors (Lipinski definition) is 0. The second kappa shape index (κ2) is 5.98. The second-order valence-electron chi connectivity index (χ2n) is 8.36. The molecule has 0 unspecified atom stereocenters. The van der Waals surface area contributed by atoms with Crippen LogP contribution in [-0.2, 0) is 9.59 Å². The fraction of sp³-hybridized carbons (Fsp3) is 0.318. The van der Waals surface area contributed by atoms with Crippen LogP contribution >= 0.6 is 0 Å². The molecular weight excluding hydrogens is 386 g/mol. The van der Waals surface area contributed by atoms with Gasteiger partial charge in [-0.05, 0) is 48.3 Å². The minimum Gasteiger partial charge on any atom is -0.455 e. The summed E-state index contributed by atoms with van der Waals surface area (Å²) in [5, 5.41) is 16.4. The topological polar surface area (TPSA) is 106 Å². The number of hydrazone groups is 1. The van der Waals surface area contributed by atoms with Crippen LogP contribution in [0.2, 0.25) is 0 Å². The molecule has 1 aromatic carbocycles. The lowest BCUT2D eigenvalue weighted by Gasteiger charge is -2.37. The zero-order valence-corrected chi connectivity index (χ0v) is 15.8. The summed E-state index contributed by atoms with van der Waals surface area (Å²) in [6, 6.07) is 9.49. The molecule has 7 rings (SSSR count). The van der Waals surface area contributed by atoms with Gasteiger partial charge in [-0.25, -0.2) is 0 Å². The number of carbonyl (C=O) groups excluding carboxylic acids is 2. The molecule has 1 aromatic heterocycles. The van der Waals surface area contributed by atoms with E-state index < -0.39 is 4.92 Å². The number of hydrogen-bond acceptors (Lipinski definition) is 6. The van der Waals surface area contributed by atoms with Crippen molar-refractivity contribution in [1.82, 2.24) is 5.01 Å². The van der Waals surface area contributed by atoms with Gasteiger partial charge in [0.25, 0.3) is 17.5 Å². The number of imide groups is 1. The van der Waals surface area contributed by atoms with E-state index in [1.165, 1.54) is 12.3 Å². The Morgan fingerprint density at radius 3 is 2.37 bits per heavy atom. The molecule has 5 aliphatic rings. The van der Waals surface area contributed by atoms with E-state index in [0.717, 1.165) is 11.4 Å². The molecule has 0 N–H and O–H groups in total. The van der Waals surface area contributed by atoms with Gasteiger partial charge in [0.05, 0.1) is 28.5 Å². The average Bonchev–Trinajstić information content (AvgIpc) is 3.39. The summed E-state index contributed by atoms with van der Waals surface area (Å²) < 4.78 is 5.67. The number of rotatable bonds is 4. The van der Waals surface area contributed by atoms with E-state index in [2.05, 4.69) is 17.3 Å². The third-order valence-corrected chi connectivity index (χ3v) is 6.93. The maximum atomic E-state index is 12.9. The van der Waals surface area contributed by atoms with Gasteiger partial charge < -0.3 is 4.42 Å². The van der Waals surface area contributed by atoms with Crippen molar-refractivity contribution in [2.24, 2.45) is 40.6 Å². The maximum Gasteiger partial charge on any atom is 0.280 e. The van der Waals surface area contributed by atoms with Gasteiger partial charge in [0, 0.05) is 6.07 Å². The molecule has 2 aromatic rings. The van der Waals surface area contributed by atoms with E-state index in [9.17, 15) is 19.7 Å². The first-order valence-corrected chi connectivity index (χ1v) is 9.98. The number of nitrogens with zero attached hydrogens (tertiary/aromatic N) is 3. The molecule has 8 nitrogen and oxygen atoms in total. The molecule has 2 heterocycles. The highest BCUT2D eigenvalue weighted by Crippen LogP contribution is 2.65. The molecule has 6 atom stereocenters. The smallest absolute Gasteiger partial charge is 0.280 e. The summed E-state index contributed by atoms with van der Waals surface area (Å²) in [6.45, 7) is 0. The lowest BCUT2D eigenvalue weighted by molar-refractivity contribution is -0.384. The first-order valence-electron chi connectivity index (χ1n) is 9.98. The lowest BCUT2D eigenvalue weighted by atomic mass is 9.63. The fourth-order valence-corrected chi connectivity index (χ4v) is 5.58. The Kier molecular flexibility index (Phi) is 3.45. The maximum absolute atomic E-state index is 12.9. The van der Waals surface area contributed by atoms with Crippen molar-refractivity contribution in [3.63, 3.8) is 0 Å². The first kappa shape index (κ1) is 17.3. The van der Waals surface area contributed by atoms with Crippen molar-refractivity contribution >= 4 is 23.7 Å². The van der Waals surface area contributed by atoms with Crippen molar-refractivity contribution in [3.05, 3.63) is 64.4 Å². The molecule has 3 fully saturated rings. The minimum absolute atomic E-state index is 0.0640. The summed E-state index contributed by atoms with van der Waals surface area (Å²) >= 11 is 0. The van der Waals surface area contributed by atoms with Gasteiger partial charge in [-0.2, -0.15) is 10.1 Å². The zero-order chi connectivity index (χ0) is 20.6. The molecule has 4 aliphatic carbocycles. The molecule has 30 heavy (non-hydrogen) atoms. The van der Waals surface area contributed by atoms with Gasteiger partial charge in [0.15, 0.2) is 0 Å². The van der Waals surface area contributed by atoms with Crippen molar-refractivity contribution < 1.29 is 18.9 Å². The monoisotopic (exact) mass is 403 g/mol. The molecule has 0 radical (unpaired) electrons. The predicted octanol–water partition coefficient (Wildman–Crippen LogP) is 3.24. The molecule has 2 bridgehead atoms. The van der Waals surface area contributed by atoms with E-state index in [-0.39, 0.29) is 41.2 Å². The summed E-state index contributed by atoms with van der Waals surface area (Å²) in [7, 11) is 0. The summed E-state index contributed by atoms with van der Waals surface area (Å²) in [6.07, 6.45) is 6.66. The van der Waals surface area contributed by atoms with Gasteiger partial charge in [-0.1, -0.05) is 24.3 Å². The van der Waals surface area contributed by atoms with E-state index in [1.807, 2.05) is 0 Å². The predicted molar refractivity (Wildman–Crippen MR) is 105 cm³/mol. The lowest BCUT2D eigenvalue weighted by Crippen LogP contribution is -2.40. The third kappa shape index (κ3) is 2.30. The largest absolute Gasteiger partial charge is 0.455 e. The summed E-state index contributed by atoms with van der Waals surface area (Å²) in [5.74, 6) is 0.924. The van der Waals surface area contributed by atoms with Gasteiger partial charge in [-0.15, -0.1) is 0 Å². The molecule has 150 valence electrons. The van der Waals surface area contributed by atoms with Crippen LogP contribution in [-0.4, -0.2) is 28.0 Å². The Labute approximate surface area is 171 Å². The van der Waals surface area contributed by atoms with Crippen LogP contribution in [0.1, 0.15) is 12.2 Å². The highest BCUT2D eigenvalue weighted by molar-refractivity contribution is 6.06. The van der Waals surface area contributed by atoms with E-state index in [1.54, 1.807) is 30.3 Å². The highest BCUT2D eigenvalue weighted by Gasteiger charge is 2.67. The summed E-state index contributed by atoms with van der Waals surface area (Å²) in [4.78, 5) is 36.6. The Morgan fingerprint density at radius 2 is 1.70 bits per heavy atom. The van der Waals surface area contributed by atoms with E-state index in [0.29, 0.717) is 28.9 Å². The van der Waals surface area contributed by atoms with Crippen LogP contribution in [0.3, 0.4) is 0 Å². The van der Waals surface area contributed by atoms with Gasteiger partial charge in [0.2, 0.25) is 0 Å². The van der Waals surface area contributed by atoms with Crippen LogP contribution in [0.4, 0.5) is 5.69 Å². The Hall–Kier alpha value is -3.55. The molecule has 1 aliphatic heterocycles. The second-order valence-corrected chi connectivity index (χ2v) is 8.36. The van der Waals surface area contributed by atoms with Crippen molar-refractivity contribution in [2.75, 3.05) is 0 Å². The SMILES string of the molecule is O=C1[C@H]2[C@@H]3C=C[C@H]([C@H]4C[C@H]34)[C@@H]2C(=O)N1/N=C\c1ccc(-c2ccccc2[N+](=O)[O-])o1. The Bertz CT molecular complexity index is 1130. The van der Waals surface area contributed by atoms with Crippen LogP contribution in [0.5, 0.6) is 0 Å². The summed E-state index contributed by atoms with van der Waals surface area (Å²) in [5.41, 5.74) is 0.286. The van der Waals surface area contributed by atoms with Crippen LogP contribution < -0.4 is 0 Å². The number of nitro benzene ring substituents is 1. The van der Waals surface area contributed by atoms with Crippen LogP contribution in [0.15, 0.2) is 58.1 Å². The number of allylic oxidation sites excluding steroid dienone is 2.